The molecule has 0 unspecified atom stereocenters. The topological polar surface area (TPSA) is 56.0 Å². The summed E-state index contributed by atoms with van der Waals surface area (Å²) in [5.41, 5.74) is 5.91. The van der Waals surface area contributed by atoms with Crippen molar-refractivity contribution in [3.8, 4) is 0 Å². The van der Waals surface area contributed by atoms with Gasteiger partial charge in [0.05, 0.1) is 16.3 Å². The molecule has 0 aliphatic rings. The molecule has 2 rings (SSSR count). The molecule has 0 amide bonds. The SMILES string of the molecule is Nc1ncc(Cl)cc1C(=O)CSc1cccc(F)c1. The van der Waals surface area contributed by atoms with Crippen LogP contribution in [0.1, 0.15) is 10.4 Å². The molecule has 0 aliphatic heterocycles. The van der Waals surface area contributed by atoms with E-state index in [0.717, 1.165) is 0 Å². The lowest BCUT2D eigenvalue weighted by Crippen LogP contribution is -2.07. The van der Waals surface area contributed by atoms with Crippen molar-refractivity contribution in [1.29, 1.82) is 0 Å². The second kappa shape index (κ2) is 6.04. The smallest absolute Gasteiger partial charge is 0.176 e. The van der Waals surface area contributed by atoms with Gasteiger partial charge in [-0.05, 0) is 24.3 Å². The van der Waals surface area contributed by atoms with Crippen LogP contribution in [0.15, 0.2) is 41.4 Å². The molecule has 3 nitrogen and oxygen atoms in total. The van der Waals surface area contributed by atoms with Gasteiger partial charge >= 0.3 is 0 Å². The molecule has 0 saturated heterocycles. The number of ketones is 1. The summed E-state index contributed by atoms with van der Waals surface area (Å²) >= 11 is 7.01. The summed E-state index contributed by atoms with van der Waals surface area (Å²) in [4.78, 5) is 16.5. The number of nitrogens with zero attached hydrogens (tertiary/aromatic N) is 1. The molecule has 2 aromatic rings. The maximum Gasteiger partial charge on any atom is 0.176 e. The van der Waals surface area contributed by atoms with Crippen molar-refractivity contribution < 1.29 is 9.18 Å². The van der Waals surface area contributed by atoms with Crippen molar-refractivity contribution in [2.75, 3.05) is 11.5 Å². The van der Waals surface area contributed by atoms with Gasteiger partial charge in [0.15, 0.2) is 5.78 Å². The molecular weight excluding hydrogens is 287 g/mol. The number of rotatable bonds is 4. The van der Waals surface area contributed by atoms with E-state index < -0.39 is 0 Å². The molecule has 0 aliphatic carbocycles. The lowest BCUT2D eigenvalue weighted by Gasteiger charge is -2.04. The predicted molar refractivity (Wildman–Crippen MR) is 75.1 cm³/mol. The quantitative estimate of drug-likeness (QED) is 0.694. The van der Waals surface area contributed by atoms with Crippen molar-refractivity contribution >= 4 is 35.0 Å². The monoisotopic (exact) mass is 296 g/mol. The number of nitrogens with two attached hydrogens (primary N) is 1. The van der Waals surface area contributed by atoms with E-state index in [2.05, 4.69) is 4.98 Å². The molecule has 6 heteroatoms. The number of aromatic nitrogens is 1. The standard InChI is InChI=1S/C13H10ClFN2OS/c14-8-4-11(13(16)17-6-8)12(18)7-19-10-3-1-2-9(15)5-10/h1-6H,7H2,(H2,16,17). The minimum Gasteiger partial charge on any atom is -0.383 e. The zero-order valence-corrected chi connectivity index (χ0v) is 11.3. The van der Waals surface area contributed by atoms with Gasteiger partial charge in [-0.15, -0.1) is 11.8 Å². The minimum atomic E-state index is -0.332. The Bertz CT molecular complexity index is 621. The number of pyridine rings is 1. The van der Waals surface area contributed by atoms with Crippen LogP contribution in [0.4, 0.5) is 10.2 Å². The zero-order valence-electron chi connectivity index (χ0n) is 9.77. The number of carbonyl (C=O) groups is 1. The van der Waals surface area contributed by atoms with Gasteiger partial charge in [-0.25, -0.2) is 9.37 Å². The lowest BCUT2D eigenvalue weighted by atomic mass is 10.2. The number of carbonyl (C=O) groups excluding carboxylic acids is 1. The van der Waals surface area contributed by atoms with E-state index in [-0.39, 0.29) is 28.7 Å². The summed E-state index contributed by atoms with van der Waals surface area (Å²) < 4.78 is 13.0. The van der Waals surface area contributed by atoms with E-state index in [1.165, 1.54) is 36.2 Å². The Morgan fingerprint density at radius 3 is 2.95 bits per heavy atom. The fraction of sp³-hybridized carbons (Fsp3) is 0.0769. The maximum absolute atomic E-state index is 13.0. The zero-order chi connectivity index (χ0) is 13.8. The molecule has 0 bridgehead atoms. The highest BCUT2D eigenvalue weighted by atomic mass is 35.5. The van der Waals surface area contributed by atoms with Gasteiger partial charge in [0, 0.05) is 11.1 Å². The van der Waals surface area contributed by atoms with Crippen LogP contribution in [-0.2, 0) is 0 Å². The van der Waals surface area contributed by atoms with E-state index in [0.29, 0.717) is 9.92 Å². The summed E-state index contributed by atoms with van der Waals surface area (Å²) in [6.07, 6.45) is 1.38. The largest absolute Gasteiger partial charge is 0.383 e. The van der Waals surface area contributed by atoms with Gasteiger partial charge in [-0.2, -0.15) is 0 Å². The highest BCUT2D eigenvalue weighted by molar-refractivity contribution is 8.00. The number of anilines is 1. The number of Topliss-reactive ketones (excluding diaryl/α,β-unsaturated/α-hetero) is 1. The molecule has 1 aromatic heterocycles. The molecule has 0 atom stereocenters. The van der Waals surface area contributed by atoms with E-state index in [1.807, 2.05) is 0 Å². The predicted octanol–water partition coefficient (Wildman–Crippen LogP) is 3.43. The van der Waals surface area contributed by atoms with Crippen molar-refractivity contribution in [1.82, 2.24) is 4.98 Å². The number of hydrogen-bond donors (Lipinski definition) is 1. The number of thioether (sulfide) groups is 1. The lowest BCUT2D eigenvalue weighted by molar-refractivity contribution is 0.102. The van der Waals surface area contributed by atoms with Gasteiger partial charge in [-0.3, -0.25) is 4.79 Å². The Labute approximate surface area is 119 Å². The van der Waals surface area contributed by atoms with Gasteiger partial charge in [0.25, 0.3) is 0 Å². The summed E-state index contributed by atoms with van der Waals surface area (Å²) in [6.45, 7) is 0. The highest BCUT2D eigenvalue weighted by Gasteiger charge is 2.12. The Morgan fingerprint density at radius 1 is 1.42 bits per heavy atom. The first-order valence-electron chi connectivity index (χ1n) is 5.39. The number of hydrogen-bond acceptors (Lipinski definition) is 4. The summed E-state index contributed by atoms with van der Waals surface area (Å²) in [5.74, 6) is -0.229. The molecule has 1 aromatic carbocycles. The fourth-order valence-electron chi connectivity index (χ4n) is 1.46. The molecule has 1 heterocycles. The first kappa shape index (κ1) is 13.8. The molecule has 2 N–H and O–H groups in total. The van der Waals surface area contributed by atoms with Crippen LogP contribution in [-0.4, -0.2) is 16.5 Å². The van der Waals surface area contributed by atoms with E-state index >= 15 is 0 Å². The van der Waals surface area contributed by atoms with Crippen molar-refractivity contribution in [3.63, 3.8) is 0 Å². The molecule has 19 heavy (non-hydrogen) atoms. The molecule has 0 spiro atoms. The molecule has 98 valence electrons. The molecular formula is C13H10ClFN2OS. The maximum atomic E-state index is 13.0. The van der Waals surface area contributed by atoms with Crippen molar-refractivity contribution in [2.45, 2.75) is 4.90 Å². The number of nitrogen functional groups attached to an aromatic ring is 1. The third kappa shape index (κ3) is 3.68. The number of halogens is 2. The third-order valence-electron chi connectivity index (χ3n) is 2.35. The Hall–Kier alpha value is -1.59. The van der Waals surface area contributed by atoms with Crippen LogP contribution >= 0.6 is 23.4 Å². The van der Waals surface area contributed by atoms with Gasteiger partial charge in [0.2, 0.25) is 0 Å². The van der Waals surface area contributed by atoms with Crippen molar-refractivity contribution in [3.05, 3.63) is 52.9 Å². The summed E-state index contributed by atoms with van der Waals surface area (Å²) in [7, 11) is 0. The van der Waals surface area contributed by atoms with Gasteiger partial charge in [-0.1, -0.05) is 17.7 Å². The van der Waals surface area contributed by atoms with Crippen LogP contribution in [0.3, 0.4) is 0 Å². The third-order valence-corrected chi connectivity index (χ3v) is 3.55. The van der Waals surface area contributed by atoms with Crippen LogP contribution in [0.5, 0.6) is 0 Å². The minimum absolute atomic E-state index is 0.147. The molecule has 0 saturated carbocycles. The summed E-state index contributed by atoms with van der Waals surface area (Å²) in [5, 5.41) is 0.355. The first-order valence-corrected chi connectivity index (χ1v) is 6.75. The average molecular weight is 297 g/mol. The Morgan fingerprint density at radius 2 is 2.21 bits per heavy atom. The van der Waals surface area contributed by atoms with E-state index in [9.17, 15) is 9.18 Å². The number of benzene rings is 1. The Kier molecular flexibility index (Phi) is 4.39. The van der Waals surface area contributed by atoms with Gasteiger partial charge < -0.3 is 5.73 Å². The first-order chi connectivity index (χ1) is 9.06. The van der Waals surface area contributed by atoms with Crippen LogP contribution in [0, 0.1) is 5.82 Å². The van der Waals surface area contributed by atoms with Crippen molar-refractivity contribution in [2.24, 2.45) is 0 Å². The molecule has 0 fully saturated rings. The summed E-state index contributed by atoms with van der Waals surface area (Å²) in [6, 6.07) is 7.54. The van der Waals surface area contributed by atoms with Gasteiger partial charge in [0.1, 0.15) is 11.6 Å². The Balaban J connectivity index is 2.07. The highest BCUT2D eigenvalue weighted by Crippen LogP contribution is 2.22. The fourth-order valence-corrected chi connectivity index (χ4v) is 2.44. The van der Waals surface area contributed by atoms with Crippen LogP contribution in [0.2, 0.25) is 5.02 Å². The van der Waals surface area contributed by atoms with E-state index in [4.69, 9.17) is 17.3 Å². The normalized spacial score (nSPS) is 10.4. The van der Waals surface area contributed by atoms with Crippen LogP contribution < -0.4 is 5.73 Å². The average Bonchev–Trinajstić information content (AvgIpc) is 2.39. The van der Waals surface area contributed by atoms with Crippen LogP contribution in [0.25, 0.3) is 0 Å². The second-order valence-corrected chi connectivity index (χ2v) is 5.24. The second-order valence-electron chi connectivity index (χ2n) is 3.76. The molecule has 0 radical (unpaired) electrons. The van der Waals surface area contributed by atoms with E-state index in [1.54, 1.807) is 12.1 Å².